The summed E-state index contributed by atoms with van der Waals surface area (Å²) in [7, 11) is 0. The number of nitrogens with zero attached hydrogens (tertiary/aromatic N) is 4. The average molecular weight is 352 g/mol. The molecular weight excluding hydrogens is 331 g/mol. The number of anilines is 2. The van der Waals surface area contributed by atoms with Crippen molar-refractivity contribution in [1.82, 2.24) is 20.3 Å². The first-order valence-corrected chi connectivity index (χ1v) is 8.76. The van der Waals surface area contributed by atoms with E-state index < -0.39 is 0 Å². The molecule has 6 nitrogen and oxygen atoms in total. The van der Waals surface area contributed by atoms with E-state index in [1.807, 2.05) is 6.07 Å². The van der Waals surface area contributed by atoms with Crippen LogP contribution in [0.2, 0.25) is 0 Å². The van der Waals surface area contributed by atoms with E-state index in [4.69, 9.17) is 0 Å². The summed E-state index contributed by atoms with van der Waals surface area (Å²) in [6.45, 7) is 5.34. The van der Waals surface area contributed by atoms with Crippen LogP contribution in [-0.2, 0) is 6.54 Å². The highest BCUT2D eigenvalue weighted by Gasteiger charge is 2.18. The van der Waals surface area contributed by atoms with Crippen LogP contribution in [0.3, 0.4) is 0 Å². The topological polar surface area (TPSA) is 66.0 Å². The van der Waals surface area contributed by atoms with Crippen LogP contribution in [0, 0.1) is 5.82 Å². The fourth-order valence-electron chi connectivity index (χ4n) is 3.30. The third kappa shape index (κ3) is 3.43. The van der Waals surface area contributed by atoms with Crippen LogP contribution in [-0.4, -0.2) is 40.6 Å². The Morgan fingerprint density at radius 3 is 2.85 bits per heavy atom. The quantitative estimate of drug-likeness (QED) is 0.752. The molecule has 3 heterocycles. The first-order valence-electron chi connectivity index (χ1n) is 8.76. The Kier molecular flexibility index (Phi) is 4.62. The first kappa shape index (κ1) is 16.7. The van der Waals surface area contributed by atoms with Crippen LogP contribution in [0.4, 0.5) is 15.8 Å². The van der Waals surface area contributed by atoms with Gasteiger partial charge in [-0.2, -0.15) is 0 Å². The van der Waals surface area contributed by atoms with Crippen LogP contribution < -0.4 is 15.5 Å². The molecule has 1 aliphatic rings. The third-order valence-corrected chi connectivity index (χ3v) is 4.61. The molecule has 0 radical (unpaired) electrons. The molecule has 1 aromatic carbocycles. The van der Waals surface area contributed by atoms with Crippen LogP contribution in [0.1, 0.15) is 12.5 Å². The van der Waals surface area contributed by atoms with Crippen LogP contribution in [0.25, 0.3) is 11.0 Å². The smallest absolute Gasteiger partial charge is 0.130 e. The molecule has 26 heavy (non-hydrogen) atoms. The zero-order valence-corrected chi connectivity index (χ0v) is 14.6. The Morgan fingerprint density at radius 2 is 2.04 bits per heavy atom. The Morgan fingerprint density at radius 1 is 1.23 bits per heavy atom. The summed E-state index contributed by atoms with van der Waals surface area (Å²) in [5, 5.41) is 6.78. The average Bonchev–Trinajstić information content (AvgIpc) is 2.66. The lowest BCUT2D eigenvalue weighted by Gasteiger charge is -2.34. The zero-order chi connectivity index (χ0) is 17.9. The SMILES string of the molecule is C[C@H]1CN(c2ccncc2NCc2cc3nccnc3cc2F)CCN1. The molecule has 2 aromatic heterocycles. The van der Waals surface area contributed by atoms with Gasteiger partial charge in [-0.15, -0.1) is 0 Å². The van der Waals surface area contributed by atoms with Crippen molar-refractivity contribution in [2.24, 2.45) is 0 Å². The van der Waals surface area contributed by atoms with E-state index >= 15 is 0 Å². The van der Waals surface area contributed by atoms with Gasteiger partial charge in [0.15, 0.2) is 0 Å². The van der Waals surface area contributed by atoms with Crippen molar-refractivity contribution >= 4 is 22.4 Å². The molecule has 1 saturated heterocycles. The molecule has 1 aliphatic heterocycles. The van der Waals surface area contributed by atoms with Crippen molar-refractivity contribution in [2.75, 3.05) is 29.9 Å². The van der Waals surface area contributed by atoms with Crippen LogP contribution >= 0.6 is 0 Å². The highest BCUT2D eigenvalue weighted by molar-refractivity contribution is 5.75. The summed E-state index contributed by atoms with van der Waals surface area (Å²) in [6.07, 6.45) is 6.76. The van der Waals surface area contributed by atoms with E-state index in [1.165, 1.54) is 6.07 Å². The van der Waals surface area contributed by atoms with Gasteiger partial charge in [0.2, 0.25) is 0 Å². The van der Waals surface area contributed by atoms with Crippen LogP contribution in [0.5, 0.6) is 0 Å². The number of piperazine rings is 1. The number of aromatic nitrogens is 3. The standard InChI is InChI=1S/C19H21FN6/c1-13-12-26(7-6-22-13)19-2-3-21-11-18(19)25-10-14-8-16-17(9-15(14)20)24-5-4-23-16/h2-5,8-9,11,13,22,25H,6-7,10,12H2,1H3/t13-/m0/s1. The number of rotatable bonds is 4. The molecule has 0 spiro atoms. The van der Waals surface area contributed by atoms with Crippen LogP contribution in [0.15, 0.2) is 43.0 Å². The number of benzene rings is 1. The third-order valence-electron chi connectivity index (χ3n) is 4.61. The van der Waals surface area contributed by atoms with Gasteiger partial charge in [-0.3, -0.25) is 15.0 Å². The lowest BCUT2D eigenvalue weighted by atomic mass is 10.1. The van der Waals surface area contributed by atoms with Gasteiger partial charge in [-0.05, 0) is 19.1 Å². The number of pyridine rings is 1. The van der Waals surface area contributed by atoms with Gasteiger partial charge in [0, 0.05) is 62.4 Å². The maximum atomic E-state index is 14.4. The van der Waals surface area contributed by atoms with E-state index in [9.17, 15) is 4.39 Å². The van der Waals surface area contributed by atoms with Crippen molar-refractivity contribution in [2.45, 2.75) is 19.5 Å². The Labute approximate surface area is 151 Å². The van der Waals surface area contributed by atoms with Crippen molar-refractivity contribution in [3.63, 3.8) is 0 Å². The summed E-state index contributed by atoms with van der Waals surface area (Å²) in [6, 6.07) is 5.61. The van der Waals surface area contributed by atoms with Crippen molar-refractivity contribution < 1.29 is 4.39 Å². The largest absolute Gasteiger partial charge is 0.378 e. The highest BCUT2D eigenvalue weighted by atomic mass is 19.1. The minimum absolute atomic E-state index is 0.285. The van der Waals surface area contributed by atoms with Crippen molar-refractivity contribution in [3.05, 3.63) is 54.4 Å². The van der Waals surface area contributed by atoms with E-state index in [0.29, 0.717) is 29.2 Å². The summed E-state index contributed by atoms with van der Waals surface area (Å²) >= 11 is 0. The second-order valence-electron chi connectivity index (χ2n) is 6.54. The number of nitrogens with one attached hydrogen (secondary N) is 2. The van der Waals surface area contributed by atoms with E-state index in [1.54, 1.807) is 30.9 Å². The molecule has 0 aliphatic carbocycles. The molecule has 0 saturated carbocycles. The van der Waals surface area contributed by atoms with Gasteiger partial charge in [0.25, 0.3) is 0 Å². The normalized spacial score (nSPS) is 17.5. The molecule has 0 amide bonds. The van der Waals surface area contributed by atoms with Gasteiger partial charge < -0.3 is 15.5 Å². The molecule has 134 valence electrons. The number of fused-ring (bicyclic) bond motifs is 1. The fourth-order valence-corrected chi connectivity index (χ4v) is 3.30. The number of hydrogen-bond acceptors (Lipinski definition) is 6. The zero-order valence-electron chi connectivity index (χ0n) is 14.6. The van der Waals surface area contributed by atoms with Gasteiger partial charge in [-0.1, -0.05) is 0 Å². The second-order valence-corrected chi connectivity index (χ2v) is 6.54. The molecule has 3 aromatic rings. The van der Waals surface area contributed by atoms with Gasteiger partial charge in [0.1, 0.15) is 5.82 Å². The van der Waals surface area contributed by atoms with E-state index in [2.05, 4.69) is 37.4 Å². The number of hydrogen-bond donors (Lipinski definition) is 2. The fraction of sp³-hybridized carbons (Fsp3) is 0.316. The Bertz CT molecular complexity index is 915. The molecule has 0 bridgehead atoms. The summed E-state index contributed by atoms with van der Waals surface area (Å²) in [5.41, 5.74) is 3.80. The van der Waals surface area contributed by atoms with Crippen molar-refractivity contribution in [3.8, 4) is 0 Å². The lowest BCUT2D eigenvalue weighted by Crippen LogP contribution is -2.49. The monoisotopic (exact) mass is 352 g/mol. The molecule has 1 atom stereocenters. The minimum Gasteiger partial charge on any atom is -0.378 e. The minimum atomic E-state index is -0.285. The number of halogens is 1. The summed E-state index contributed by atoms with van der Waals surface area (Å²) < 4.78 is 14.4. The second kappa shape index (κ2) is 7.21. The molecular formula is C19H21FN6. The highest BCUT2D eigenvalue weighted by Crippen LogP contribution is 2.26. The molecule has 2 N–H and O–H groups in total. The van der Waals surface area contributed by atoms with E-state index in [0.717, 1.165) is 31.0 Å². The molecule has 0 unspecified atom stereocenters. The maximum Gasteiger partial charge on any atom is 0.130 e. The summed E-state index contributed by atoms with van der Waals surface area (Å²) in [5.74, 6) is -0.285. The van der Waals surface area contributed by atoms with E-state index in [-0.39, 0.29) is 5.82 Å². The van der Waals surface area contributed by atoms with Gasteiger partial charge >= 0.3 is 0 Å². The molecule has 1 fully saturated rings. The first-order chi connectivity index (χ1) is 12.7. The van der Waals surface area contributed by atoms with Gasteiger partial charge in [0.05, 0.1) is 28.6 Å². The Hall–Kier alpha value is -2.80. The predicted octanol–water partition coefficient (Wildman–Crippen LogP) is 2.57. The van der Waals surface area contributed by atoms with Crippen molar-refractivity contribution in [1.29, 1.82) is 0 Å². The lowest BCUT2D eigenvalue weighted by molar-refractivity contribution is 0.485. The predicted molar refractivity (Wildman–Crippen MR) is 101 cm³/mol. The molecule has 7 heteroatoms. The summed E-state index contributed by atoms with van der Waals surface area (Å²) in [4.78, 5) is 14.9. The Balaban J connectivity index is 1.56. The molecule has 4 rings (SSSR count). The van der Waals surface area contributed by atoms with Gasteiger partial charge in [-0.25, -0.2) is 4.39 Å². The maximum absolute atomic E-state index is 14.4.